The van der Waals surface area contributed by atoms with Crippen molar-refractivity contribution in [1.82, 2.24) is 0 Å². The normalized spacial score (nSPS) is 15.6. The Morgan fingerprint density at radius 2 is 0.842 bits per heavy atom. The van der Waals surface area contributed by atoms with Crippen LogP contribution in [0.5, 0.6) is 0 Å². The van der Waals surface area contributed by atoms with E-state index < -0.39 is 0 Å². The van der Waals surface area contributed by atoms with Gasteiger partial charge in [0, 0.05) is 11.8 Å². The van der Waals surface area contributed by atoms with Gasteiger partial charge in [-0.25, -0.2) is 0 Å². The van der Waals surface area contributed by atoms with E-state index in [2.05, 4.69) is 142 Å². The standard InChI is InChI=1S/C38H54/c1-11-27(3)24-35(29-16-20-33(21-17-29)37(5,6)7)31-14-13-15-32(26-31)36(25-28(4)12-2)30-18-22-34(23-19-30)38(8,9)10/h13-23,26-28,35-36H,11-12,24-25H2,1-10H3. The maximum absolute atomic E-state index is 2.54. The van der Waals surface area contributed by atoms with Gasteiger partial charge < -0.3 is 0 Å². The van der Waals surface area contributed by atoms with Crippen molar-refractivity contribution in [2.75, 3.05) is 0 Å². The number of hydrogen-bond donors (Lipinski definition) is 0. The van der Waals surface area contributed by atoms with Crippen LogP contribution in [0.4, 0.5) is 0 Å². The molecule has 0 heterocycles. The molecule has 0 radical (unpaired) electrons. The highest BCUT2D eigenvalue weighted by atomic mass is 14.3. The largest absolute Gasteiger partial charge is 0.0651 e. The van der Waals surface area contributed by atoms with E-state index in [4.69, 9.17) is 0 Å². The Morgan fingerprint density at radius 3 is 1.13 bits per heavy atom. The first-order valence-electron chi connectivity index (χ1n) is 15.1. The van der Waals surface area contributed by atoms with E-state index in [0.717, 1.165) is 0 Å². The topological polar surface area (TPSA) is 0 Å². The van der Waals surface area contributed by atoms with E-state index in [1.165, 1.54) is 59.1 Å². The van der Waals surface area contributed by atoms with E-state index in [1.807, 2.05) is 0 Å². The Bertz CT molecular complexity index is 1030. The van der Waals surface area contributed by atoms with Gasteiger partial charge in [0.25, 0.3) is 0 Å². The first kappa shape index (κ1) is 30.2. The Balaban J connectivity index is 2.04. The zero-order chi connectivity index (χ0) is 28.1. The van der Waals surface area contributed by atoms with Crippen molar-refractivity contribution in [3.8, 4) is 0 Å². The highest BCUT2D eigenvalue weighted by Crippen LogP contribution is 2.38. The monoisotopic (exact) mass is 510 g/mol. The van der Waals surface area contributed by atoms with Crippen molar-refractivity contribution in [3.63, 3.8) is 0 Å². The first-order valence-corrected chi connectivity index (χ1v) is 15.1. The van der Waals surface area contributed by atoms with Gasteiger partial charge in [-0.2, -0.15) is 0 Å². The molecule has 3 rings (SSSR count). The fourth-order valence-corrected chi connectivity index (χ4v) is 5.49. The Kier molecular flexibility index (Phi) is 10.1. The van der Waals surface area contributed by atoms with Crippen LogP contribution in [0.2, 0.25) is 0 Å². The molecule has 0 bridgehead atoms. The molecule has 0 saturated carbocycles. The summed E-state index contributed by atoms with van der Waals surface area (Å²) in [5, 5.41) is 0. The van der Waals surface area contributed by atoms with Crippen LogP contribution in [0.15, 0.2) is 72.8 Å². The molecule has 0 nitrogen and oxygen atoms in total. The zero-order valence-electron chi connectivity index (χ0n) is 26.1. The molecule has 0 saturated heterocycles. The maximum atomic E-state index is 2.54. The molecule has 4 unspecified atom stereocenters. The fraction of sp³-hybridized carbons (Fsp3) is 0.526. The summed E-state index contributed by atoms with van der Waals surface area (Å²) in [6.45, 7) is 23.3. The van der Waals surface area contributed by atoms with Gasteiger partial charge in [-0.1, -0.05) is 155 Å². The number of hydrogen-bond acceptors (Lipinski definition) is 0. The first-order chi connectivity index (χ1) is 17.8. The van der Waals surface area contributed by atoms with Crippen LogP contribution in [0.25, 0.3) is 0 Å². The van der Waals surface area contributed by atoms with Crippen molar-refractivity contribution in [3.05, 3.63) is 106 Å². The third-order valence-electron chi connectivity index (χ3n) is 8.74. The number of benzene rings is 3. The maximum Gasteiger partial charge on any atom is 0.00919 e. The van der Waals surface area contributed by atoms with Crippen LogP contribution in [0.3, 0.4) is 0 Å². The summed E-state index contributed by atoms with van der Waals surface area (Å²) < 4.78 is 0. The van der Waals surface area contributed by atoms with Gasteiger partial charge in [0.15, 0.2) is 0 Å². The van der Waals surface area contributed by atoms with Crippen molar-refractivity contribution in [2.24, 2.45) is 11.8 Å². The van der Waals surface area contributed by atoms with E-state index in [1.54, 1.807) is 0 Å². The second kappa shape index (κ2) is 12.7. The van der Waals surface area contributed by atoms with Crippen molar-refractivity contribution in [1.29, 1.82) is 0 Å². The van der Waals surface area contributed by atoms with Crippen LogP contribution >= 0.6 is 0 Å². The summed E-state index contributed by atoms with van der Waals surface area (Å²) in [5.74, 6) is 2.22. The molecule has 0 fully saturated rings. The van der Waals surface area contributed by atoms with Crippen molar-refractivity contribution >= 4 is 0 Å². The SMILES string of the molecule is CCC(C)CC(c1ccc(C(C)(C)C)cc1)c1cccc(C(CC(C)CC)c2ccc(C(C)(C)C)cc2)c1. The van der Waals surface area contributed by atoms with E-state index in [-0.39, 0.29) is 10.8 Å². The third kappa shape index (κ3) is 7.84. The van der Waals surface area contributed by atoms with Gasteiger partial charge in [-0.3, -0.25) is 0 Å². The summed E-state index contributed by atoms with van der Waals surface area (Å²) in [6, 6.07) is 28.6. The molecule has 206 valence electrons. The Morgan fingerprint density at radius 1 is 0.500 bits per heavy atom. The van der Waals surface area contributed by atoms with Gasteiger partial charge in [-0.15, -0.1) is 0 Å². The molecule has 0 aliphatic rings. The van der Waals surface area contributed by atoms with Crippen molar-refractivity contribution < 1.29 is 0 Å². The van der Waals surface area contributed by atoms with Crippen LogP contribution in [0.1, 0.15) is 140 Å². The summed E-state index contributed by atoms with van der Waals surface area (Å²) in [5.41, 5.74) is 8.99. The zero-order valence-corrected chi connectivity index (χ0v) is 26.1. The lowest BCUT2D eigenvalue weighted by molar-refractivity contribution is 0.479. The van der Waals surface area contributed by atoms with Gasteiger partial charge in [-0.05, 0) is 68.9 Å². The molecule has 0 heteroatoms. The summed E-state index contributed by atoms with van der Waals surface area (Å²) in [6.07, 6.45) is 4.80. The molecule has 0 amide bonds. The molecule has 3 aromatic rings. The lowest BCUT2D eigenvalue weighted by atomic mass is 9.78. The van der Waals surface area contributed by atoms with Crippen LogP contribution in [0, 0.1) is 11.8 Å². The highest BCUT2D eigenvalue weighted by Gasteiger charge is 2.23. The predicted octanol–water partition coefficient (Wildman–Crippen LogP) is 11.4. The molecular weight excluding hydrogens is 456 g/mol. The van der Waals surface area contributed by atoms with Gasteiger partial charge in [0.05, 0.1) is 0 Å². The fourth-order valence-electron chi connectivity index (χ4n) is 5.49. The van der Waals surface area contributed by atoms with Gasteiger partial charge in [0.2, 0.25) is 0 Å². The third-order valence-corrected chi connectivity index (χ3v) is 8.74. The lowest BCUT2D eigenvalue weighted by Gasteiger charge is -2.27. The predicted molar refractivity (Wildman–Crippen MR) is 169 cm³/mol. The van der Waals surface area contributed by atoms with Crippen LogP contribution < -0.4 is 0 Å². The van der Waals surface area contributed by atoms with E-state index in [0.29, 0.717) is 23.7 Å². The molecule has 0 aliphatic carbocycles. The van der Waals surface area contributed by atoms with E-state index in [9.17, 15) is 0 Å². The average molecular weight is 511 g/mol. The molecule has 4 atom stereocenters. The van der Waals surface area contributed by atoms with E-state index >= 15 is 0 Å². The Hall–Kier alpha value is -2.34. The van der Waals surface area contributed by atoms with Crippen LogP contribution in [-0.2, 0) is 10.8 Å². The second-order valence-corrected chi connectivity index (χ2v) is 14.0. The number of rotatable bonds is 10. The lowest BCUT2D eigenvalue weighted by Crippen LogP contribution is -2.13. The second-order valence-electron chi connectivity index (χ2n) is 14.0. The molecule has 0 aromatic heterocycles. The quantitative estimate of drug-likeness (QED) is 0.254. The van der Waals surface area contributed by atoms with Crippen LogP contribution in [-0.4, -0.2) is 0 Å². The minimum absolute atomic E-state index is 0.177. The molecule has 3 aromatic carbocycles. The molecule has 38 heavy (non-hydrogen) atoms. The smallest absolute Gasteiger partial charge is 0.00919 e. The summed E-state index contributed by atoms with van der Waals surface area (Å²) in [4.78, 5) is 0. The minimum Gasteiger partial charge on any atom is -0.0651 e. The highest BCUT2D eigenvalue weighted by molar-refractivity contribution is 5.41. The summed E-state index contributed by atoms with van der Waals surface area (Å²) in [7, 11) is 0. The Labute approximate surface area is 235 Å². The molecule has 0 aliphatic heterocycles. The molecule has 0 spiro atoms. The van der Waals surface area contributed by atoms with Gasteiger partial charge in [0.1, 0.15) is 0 Å². The molecular formula is C38H54. The molecule has 0 N–H and O–H groups in total. The summed E-state index contributed by atoms with van der Waals surface area (Å²) >= 11 is 0. The van der Waals surface area contributed by atoms with Crippen molar-refractivity contribution in [2.45, 2.75) is 118 Å². The van der Waals surface area contributed by atoms with Gasteiger partial charge >= 0.3 is 0 Å². The average Bonchev–Trinajstić information content (AvgIpc) is 2.89. The minimum atomic E-state index is 0.177.